The number of anilines is 1. The second kappa shape index (κ2) is 6.40. The van der Waals surface area contributed by atoms with Gasteiger partial charge in [0.2, 0.25) is 0 Å². The van der Waals surface area contributed by atoms with Gasteiger partial charge in [0, 0.05) is 5.56 Å². The van der Waals surface area contributed by atoms with Gasteiger partial charge in [-0.25, -0.2) is 0 Å². The van der Waals surface area contributed by atoms with E-state index in [2.05, 4.69) is 6.58 Å². The van der Waals surface area contributed by atoms with Crippen molar-refractivity contribution in [3.8, 4) is 0 Å². The smallest absolute Gasteiger partial charge is 0.294 e. The summed E-state index contributed by atoms with van der Waals surface area (Å²) < 4.78 is 0. The van der Waals surface area contributed by atoms with Crippen molar-refractivity contribution >= 4 is 28.2 Å². The molecule has 0 radical (unpaired) electrons. The summed E-state index contributed by atoms with van der Waals surface area (Å²) in [7, 11) is 0. The molecule has 2 aromatic carbocycles. The van der Waals surface area contributed by atoms with Gasteiger partial charge < -0.3 is 0 Å². The molecule has 0 unspecified atom stereocenters. The Bertz CT molecular complexity index is 622. The van der Waals surface area contributed by atoms with E-state index < -0.39 is 5.37 Å². The van der Waals surface area contributed by atoms with Crippen LogP contribution in [0.4, 0.5) is 10.5 Å². The Morgan fingerprint density at radius 3 is 2.30 bits per heavy atom. The molecule has 0 N–H and O–H groups in total. The van der Waals surface area contributed by atoms with E-state index in [1.54, 1.807) is 4.90 Å². The summed E-state index contributed by atoms with van der Waals surface area (Å²) in [4.78, 5) is 13.3. The third-order valence-electron chi connectivity index (χ3n) is 3.05. The predicted octanol–water partition coefficient (Wildman–Crippen LogP) is 5.09. The molecule has 0 spiro atoms. The molecule has 0 atom stereocenters. The molecule has 3 heteroatoms. The number of benzene rings is 2. The van der Waals surface area contributed by atoms with Crippen molar-refractivity contribution in [2.75, 3.05) is 4.90 Å². The van der Waals surface area contributed by atoms with E-state index in [1.165, 1.54) is 0 Å². The van der Waals surface area contributed by atoms with Gasteiger partial charge in [0.25, 0.3) is 0 Å². The van der Waals surface area contributed by atoms with Gasteiger partial charge in [-0.1, -0.05) is 55.1 Å². The monoisotopic (exact) mass is 285 g/mol. The van der Waals surface area contributed by atoms with Crippen LogP contribution in [0.2, 0.25) is 0 Å². The van der Waals surface area contributed by atoms with Crippen molar-refractivity contribution in [1.82, 2.24) is 0 Å². The zero-order chi connectivity index (χ0) is 14.5. The van der Waals surface area contributed by atoms with E-state index in [-0.39, 0.29) is 0 Å². The minimum Gasteiger partial charge on any atom is -0.294 e. The molecule has 2 nitrogen and oxygen atoms in total. The molecule has 0 aliphatic rings. The maximum absolute atomic E-state index is 11.8. The maximum Gasteiger partial charge on any atom is 0.321 e. The fourth-order valence-electron chi connectivity index (χ4n) is 2.08. The van der Waals surface area contributed by atoms with Gasteiger partial charge in [-0.05, 0) is 35.7 Å². The topological polar surface area (TPSA) is 20.3 Å². The number of nitrogens with zero attached hydrogens (tertiary/aromatic N) is 1. The zero-order valence-corrected chi connectivity index (χ0v) is 12.1. The Kier molecular flexibility index (Phi) is 4.59. The highest BCUT2D eigenvalue weighted by molar-refractivity contribution is 6.66. The highest BCUT2D eigenvalue weighted by atomic mass is 35.5. The van der Waals surface area contributed by atoms with Crippen LogP contribution in [0, 0.1) is 0 Å². The molecule has 0 aliphatic heterocycles. The number of carbonyl (C=O) groups is 1. The van der Waals surface area contributed by atoms with Crippen molar-refractivity contribution in [3.05, 3.63) is 72.3 Å². The molecule has 2 rings (SSSR count). The summed E-state index contributed by atoms with van der Waals surface area (Å²) in [6.07, 6.45) is 0. The van der Waals surface area contributed by atoms with Crippen LogP contribution in [-0.2, 0) is 6.54 Å². The van der Waals surface area contributed by atoms with E-state index in [0.29, 0.717) is 6.54 Å². The van der Waals surface area contributed by atoms with Crippen LogP contribution in [0.5, 0.6) is 0 Å². The lowest BCUT2D eigenvalue weighted by molar-refractivity contribution is 0.264. The highest BCUT2D eigenvalue weighted by Gasteiger charge is 2.17. The summed E-state index contributed by atoms with van der Waals surface area (Å²) >= 11 is 5.76. The normalized spacial score (nSPS) is 10.1. The van der Waals surface area contributed by atoms with Crippen molar-refractivity contribution in [1.29, 1.82) is 0 Å². The van der Waals surface area contributed by atoms with Gasteiger partial charge in [-0.2, -0.15) is 0 Å². The number of allylic oxidation sites excluding steroid dienone is 1. The van der Waals surface area contributed by atoms with E-state index in [0.717, 1.165) is 22.4 Å². The second-order valence-corrected chi connectivity index (χ2v) is 4.95. The Morgan fingerprint density at radius 1 is 1.10 bits per heavy atom. The number of amides is 1. The van der Waals surface area contributed by atoms with Gasteiger partial charge in [0.15, 0.2) is 0 Å². The summed E-state index contributed by atoms with van der Waals surface area (Å²) in [5.74, 6) is 0. The first-order valence-electron chi connectivity index (χ1n) is 6.35. The largest absolute Gasteiger partial charge is 0.321 e. The summed E-state index contributed by atoms with van der Waals surface area (Å²) in [5.41, 5.74) is 3.64. The van der Waals surface area contributed by atoms with E-state index in [4.69, 9.17) is 11.6 Å². The van der Waals surface area contributed by atoms with E-state index in [9.17, 15) is 4.79 Å². The molecule has 2 aromatic rings. The molecule has 20 heavy (non-hydrogen) atoms. The number of hydrogen-bond acceptors (Lipinski definition) is 1. The van der Waals surface area contributed by atoms with E-state index >= 15 is 0 Å². The minimum atomic E-state index is -0.498. The Morgan fingerprint density at radius 2 is 1.70 bits per heavy atom. The first-order valence-corrected chi connectivity index (χ1v) is 6.73. The van der Waals surface area contributed by atoms with Gasteiger partial charge in [-0.15, -0.1) is 0 Å². The Labute approximate surface area is 124 Å². The first-order chi connectivity index (χ1) is 9.59. The molecule has 102 valence electrons. The fourth-order valence-corrected chi connectivity index (χ4v) is 2.23. The number of carbonyl (C=O) groups excluding carboxylic acids is 1. The first kappa shape index (κ1) is 14.4. The number of para-hydroxylation sites is 1. The molecule has 0 aliphatic carbocycles. The Balaban J connectivity index is 2.39. The van der Waals surface area contributed by atoms with Crippen LogP contribution in [0.15, 0.2) is 61.2 Å². The van der Waals surface area contributed by atoms with Crippen LogP contribution in [0.25, 0.3) is 5.57 Å². The van der Waals surface area contributed by atoms with Crippen LogP contribution in [0.1, 0.15) is 18.1 Å². The lowest BCUT2D eigenvalue weighted by atomic mass is 10.1. The molecule has 0 aromatic heterocycles. The molecular formula is C17H16ClNO. The standard InChI is InChI=1S/C17H16ClNO/c1-13(2)15-10-6-7-11-16(15)19(17(18)20)12-14-8-4-3-5-9-14/h3-11H,1,12H2,2H3. The molecule has 0 bridgehead atoms. The minimum absolute atomic E-state index is 0.438. The lowest BCUT2D eigenvalue weighted by Gasteiger charge is -2.23. The quantitative estimate of drug-likeness (QED) is 0.566. The number of halogens is 1. The number of rotatable bonds is 4. The lowest BCUT2D eigenvalue weighted by Crippen LogP contribution is -2.26. The predicted molar refractivity (Wildman–Crippen MR) is 85.0 cm³/mol. The molecule has 1 amide bonds. The third-order valence-corrected chi connectivity index (χ3v) is 3.25. The van der Waals surface area contributed by atoms with Crippen molar-refractivity contribution < 1.29 is 4.79 Å². The summed E-state index contributed by atoms with van der Waals surface area (Å²) in [6, 6.07) is 17.4. The molecule has 0 heterocycles. The second-order valence-electron chi connectivity index (χ2n) is 4.62. The third kappa shape index (κ3) is 3.28. The average Bonchev–Trinajstić information content (AvgIpc) is 2.45. The number of hydrogen-bond donors (Lipinski definition) is 0. The SMILES string of the molecule is C=C(C)c1ccccc1N(Cc1ccccc1)C(=O)Cl. The van der Waals surface area contributed by atoms with Crippen molar-refractivity contribution in [3.63, 3.8) is 0 Å². The maximum atomic E-state index is 11.8. The zero-order valence-electron chi connectivity index (χ0n) is 11.3. The van der Waals surface area contributed by atoms with Gasteiger partial charge in [0.05, 0.1) is 12.2 Å². The molecule has 0 fully saturated rings. The van der Waals surface area contributed by atoms with Gasteiger partial charge in [0.1, 0.15) is 0 Å². The Hall–Kier alpha value is -2.06. The van der Waals surface area contributed by atoms with Crippen LogP contribution < -0.4 is 4.90 Å². The molecular weight excluding hydrogens is 270 g/mol. The fraction of sp³-hybridized carbons (Fsp3) is 0.118. The van der Waals surface area contributed by atoms with Gasteiger partial charge in [-0.3, -0.25) is 9.69 Å². The average molecular weight is 286 g/mol. The van der Waals surface area contributed by atoms with E-state index in [1.807, 2.05) is 61.5 Å². The van der Waals surface area contributed by atoms with Crippen LogP contribution in [-0.4, -0.2) is 5.37 Å². The molecule has 0 saturated carbocycles. The van der Waals surface area contributed by atoms with Gasteiger partial charge >= 0.3 is 5.37 Å². The van der Waals surface area contributed by atoms with Crippen molar-refractivity contribution in [2.24, 2.45) is 0 Å². The summed E-state index contributed by atoms with van der Waals surface area (Å²) in [5, 5.41) is -0.498. The highest BCUT2D eigenvalue weighted by Crippen LogP contribution is 2.28. The van der Waals surface area contributed by atoms with Crippen LogP contribution >= 0.6 is 11.6 Å². The summed E-state index contributed by atoms with van der Waals surface area (Å²) in [6.45, 7) is 6.31. The molecule has 0 saturated heterocycles. The van der Waals surface area contributed by atoms with Crippen molar-refractivity contribution in [2.45, 2.75) is 13.5 Å². The van der Waals surface area contributed by atoms with Crippen LogP contribution in [0.3, 0.4) is 0 Å².